The summed E-state index contributed by atoms with van der Waals surface area (Å²) in [6.45, 7) is 0.0122. The molecule has 1 aromatic carbocycles. The van der Waals surface area contributed by atoms with Gasteiger partial charge < -0.3 is 4.52 Å². The van der Waals surface area contributed by atoms with E-state index in [1.807, 2.05) is 0 Å². The summed E-state index contributed by atoms with van der Waals surface area (Å²) in [5.41, 5.74) is 0.586. The van der Waals surface area contributed by atoms with Crippen molar-refractivity contribution in [3.05, 3.63) is 56.7 Å². The Hall–Kier alpha value is -2.88. The second-order valence-electron chi connectivity index (χ2n) is 6.13. The maximum Gasteiger partial charge on any atom is 0.283 e. The van der Waals surface area contributed by atoms with Crippen LogP contribution in [-0.4, -0.2) is 24.8 Å². The van der Waals surface area contributed by atoms with E-state index >= 15 is 0 Å². The summed E-state index contributed by atoms with van der Waals surface area (Å²) in [7, 11) is 0. The number of aromatic nitrogens is 4. The molecule has 1 aliphatic carbocycles. The molecule has 1 fully saturated rings. The molecule has 0 bridgehead atoms. The van der Waals surface area contributed by atoms with E-state index in [2.05, 4.69) is 15.2 Å². The number of hydrogen-bond acceptors (Lipinski definition) is 6. The summed E-state index contributed by atoms with van der Waals surface area (Å²) >= 11 is 6.08. The molecule has 0 spiro atoms. The molecule has 4 rings (SSSR count). The first-order chi connectivity index (χ1) is 12.9. The van der Waals surface area contributed by atoms with Crippen LogP contribution in [0.25, 0.3) is 11.4 Å². The number of nitrogens with zero attached hydrogens (tertiary/aromatic N) is 5. The van der Waals surface area contributed by atoms with Crippen molar-refractivity contribution >= 4 is 17.3 Å². The molecule has 0 amide bonds. The minimum absolute atomic E-state index is 0.0115. The van der Waals surface area contributed by atoms with Crippen LogP contribution in [0, 0.1) is 10.1 Å². The summed E-state index contributed by atoms with van der Waals surface area (Å²) in [6.07, 6.45) is -1.03. The van der Waals surface area contributed by atoms with Gasteiger partial charge in [-0.2, -0.15) is 10.1 Å². The maximum absolute atomic E-state index is 13.1. The van der Waals surface area contributed by atoms with Crippen molar-refractivity contribution in [2.24, 2.45) is 0 Å². The Morgan fingerprint density at radius 1 is 1.33 bits per heavy atom. The molecule has 0 unspecified atom stereocenters. The molecule has 0 atom stereocenters. The topological polar surface area (TPSA) is 99.9 Å². The Labute approximate surface area is 155 Å². The largest absolute Gasteiger partial charge is 0.337 e. The Kier molecular flexibility index (Phi) is 4.34. The highest BCUT2D eigenvalue weighted by molar-refractivity contribution is 6.32. The van der Waals surface area contributed by atoms with Gasteiger partial charge in [0.05, 0.1) is 15.6 Å². The van der Waals surface area contributed by atoms with Crippen LogP contribution in [0.2, 0.25) is 5.02 Å². The number of halogens is 3. The third-order valence-corrected chi connectivity index (χ3v) is 4.60. The highest BCUT2D eigenvalue weighted by Gasteiger charge is 2.34. The zero-order chi connectivity index (χ0) is 19.1. The van der Waals surface area contributed by atoms with Crippen molar-refractivity contribution < 1.29 is 18.2 Å². The van der Waals surface area contributed by atoms with Gasteiger partial charge in [0.25, 0.3) is 12.1 Å². The van der Waals surface area contributed by atoms with Crippen LogP contribution in [0.3, 0.4) is 0 Å². The summed E-state index contributed by atoms with van der Waals surface area (Å²) in [4.78, 5) is 14.4. The van der Waals surface area contributed by atoms with Gasteiger partial charge in [0, 0.05) is 23.6 Å². The second-order valence-corrected chi connectivity index (χ2v) is 6.51. The lowest BCUT2D eigenvalue weighted by Gasteiger charge is -2.03. The van der Waals surface area contributed by atoms with Crippen molar-refractivity contribution in [1.82, 2.24) is 19.9 Å². The van der Waals surface area contributed by atoms with Crippen LogP contribution in [0.15, 0.2) is 28.8 Å². The standard InChI is InChI=1S/C16H12ClF2N5O3/c17-12-13(15(18)19)21-23(14(12)8-1-2-8)7-11-20-16(22-27-11)9-3-5-10(6-4-9)24(25)26/h3-6,8,15H,1-2,7H2. The van der Waals surface area contributed by atoms with E-state index in [4.69, 9.17) is 16.1 Å². The van der Waals surface area contributed by atoms with Crippen LogP contribution < -0.4 is 0 Å². The Bertz CT molecular complexity index is 998. The zero-order valence-electron chi connectivity index (χ0n) is 13.7. The van der Waals surface area contributed by atoms with Gasteiger partial charge in [0.2, 0.25) is 11.7 Å². The molecule has 11 heteroatoms. The number of nitro benzene ring substituents is 1. The van der Waals surface area contributed by atoms with Crippen LogP contribution in [0.1, 0.15) is 42.5 Å². The maximum atomic E-state index is 13.1. The Morgan fingerprint density at radius 3 is 2.63 bits per heavy atom. The van der Waals surface area contributed by atoms with Crippen molar-refractivity contribution in [3.63, 3.8) is 0 Å². The van der Waals surface area contributed by atoms with Crippen molar-refractivity contribution in [2.45, 2.75) is 31.7 Å². The molecular weight excluding hydrogens is 384 g/mol. The van der Waals surface area contributed by atoms with E-state index in [1.165, 1.54) is 28.9 Å². The molecule has 0 N–H and O–H groups in total. The lowest BCUT2D eigenvalue weighted by Crippen LogP contribution is -2.06. The van der Waals surface area contributed by atoms with Gasteiger partial charge in [-0.25, -0.2) is 8.78 Å². The molecule has 2 aromatic heterocycles. The fraction of sp³-hybridized carbons (Fsp3) is 0.312. The first-order valence-corrected chi connectivity index (χ1v) is 8.43. The molecule has 0 radical (unpaired) electrons. The average Bonchev–Trinajstić information content (AvgIpc) is 3.27. The predicted molar refractivity (Wildman–Crippen MR) is 89.7 cm³/mol. The highest BCUT2D eigenvalue weighted by Crippen LogP contribution is 2.45. The molecule has 27 heavy (non-hydrogen) atoms. The molecule has 8 nitrogen and oxygen atoms in total. The van der Waals surface area contributed by atoms with Gasteiger partial charge in [0.15, 0.2) is 0 Å². The Morgan fingerprint density at radius 2 is 2.04 bits per heavy atom. The SMILES string of the molecule is O=[N+]([O-])c1ccc(-c2noc(Cn3nc(C(F)F)c(Cl)c3C3CC3)n2)cc1. The summed E-state index contributed by atoms with van der Waals surface area (Å²) in [5, 5.41) is 18.4. The third kappa shape index (κ3) is 3.39. The van der Waals surface area contributed by atoms with Crippen molar-refractivity contribution in [3.8, 4) is 11.4 Å². The summed E-state index contributed by atoms with van der Waals surface area (Å²) < 4.78 is 32.8. The molecule has 2 heterocycles. The first-order valence-electron chi connectivity index (χ1n) is 8.05. The number of hydrogen-bond donors (Lipinski definition) is 0. The molecule has 0 saturated heterocycles. The second kappa shape index (κ2) is 6.69. The minimum atomic E-state index is -2.77. The molecule has 3 aromatic rings. The Balaban J connectivity index is 1.60. The molecular formula is C16H12ClF2N5O3. The van der Waals surface area contributed by atoms with Gasteiger partial charge >= 0.3 is 0 Å². The predicted octanol–water partition coefficient (Wildman–Crippen LogP) is 4.36. The van der Waals surface area contributed by atoms with E-state index in [1.54, 1.807) is 0 Å². The normalized spacial score (nSPS) is 14.1. The smallest absolute Gasteiger partial charge is 0.283 e. The quantitative estimate of drug-likeness (QED) is 0.454. The van der Waals surface area contributed by atoms with E-state index in [-0.39, 0.29) is 34.9 Å². The van der Waals surface area contributed by atoms with Crippen molar-refractivity contribution in [1.29, 1.82) is 0 Å². The van der Waals surface area contributed by atoms with E-state index in [0.717, 1.165) is 12.8 Å². The van der Waals surface area contributed by atoms with Crippen LogP contribution in [-0.2, 0) is 6.54 Å². The van der Waals surface area contributed by atoms with Crippen LogP contribution >= 0.6 is 11.6 Å². The van der Waals surface area contributed by atoms with Gasteiger partial charge in [-0.15, -0.1) is 0 Å². The molecule has 140 valence electrons. The fourth-order valence-corrected chi connectivity index (χ4v) is 3.15. The first kappa shape index (κ1) is 17.5. The van der Waals surface area contributed by atoms with Gasteiger partial charge in [-0.1, -0.05) is 16.8 Å². The molecule has 1 saturated carbocycles. The molecule has 1 aliphatic rings. The number of non-ortho nitro benzene ring substituents is 1. The van der Waals surface area contributed by atoms with E-state index in [9.17, 15) is 18.9 Å². The minimum Gasteiger partial charge on any atom is -0.337 e. The lowest BCUT2D eigenvalue weighted by atomic mass is 10.2. The van der Waals surface area contributed by atoms with Gasteiger partial charge in [-0.05, 0) is 25.0 Å². The monoisotopic (exact) mass is 395 g/mol. The highest BCUT2D eigenvalue weighted by atomic mass is 35.5. The average molecular weight is 396 g/mol. The van der Waals surface area contributed by atoms with Gasteiger partial charge in [-0.3, -0.25) is 14.8 Å². The third-order valence-electron chi connectivity index (χ3n) is 4.22. The molecule has 0 aliphatic heterocycles. The van der Waals surface area contributed by atoms with Crippen molar-refractivity contribution in [2.75, 3.05) is 0 Å². The number of nitro groups is 1. The summed E-state index contributed by atoms with van der Waals surface area (Å²) in [5.74, 6) is 0.514. The van der Waals surface area contributed by atoms with E-state index < -0.39 is 17.0 Å². The van der Waals surface area contributed by atoms with Gasteiger partial charge in [0.1, 0.15) is 12.2 Å². The number of alkyl halides is 2. The fourth-order valence-electron chi connectivity index (χ4n) is 2.78. The number of rotatable bonds is 6. The van der Waals surface area contributed by atoms with Crippen LogP contribution in [0.4, 0.5) is 14.5 Å². The summed E-state index contributed by atoms with van der Waals surface area (Å²) in [6, 6.07) is 5.67. The number of benzene rings is 1. The van der Waals surface area contributed by atoms with E-state index in [0.29, 0.717) is 11.3 Å². The van der Waals surface area contributed by atoms with Crippen LogP contribution in [0.5, 0.6) is 0 Å². The lowest BCUT2D eigenvalue weighted by molar-refractivity contribution is -0.384. The zero-order valence-corrected chi connectivity index (χ0v) is 14.4.